The number of hydrogen-bond donors (Lipinski definition) is 2. The smallest absolute Gasteiger partial charge is 0.259 e. The number of aromatic nitrogens is 1. The molecule has 1 heterocycles. The second-order valence-electron chi connectivity index (χ2n) is 3.76. The molecular weight excluding hydrogens is 214 g/mol. The Hall–Kier alpha value is -2.36. The van der Waals surface area contributed by atoms with Crippen LogP contribution in [0.25, 0.3) is 0 Å². The lowest BCUT2D eigenvalue weighted by atomic mass is 10.2. The third-order valence-electron chi connectivity index (χ3n) is 2.38. The van der Waals surface area contributed by atoms with Crippen LogP contribution < -0.4 is 10.7 Å². The molecule has 1 aromatic carbocycles. The molecule has 4 heteroatoms. The maximum absolute atomic E-state index is 11.9. The summed E-state index contributed by atoms with van der Waals surface area (Å²) in [6.45, 7) is 0. The zero-order chi connectivity index (χ0) is 12.3. The average Bonchev–Trinajstić information content (AvgIpc) is 2.33. The van der Waals surface area contributed by atoms with Gasteiger partial charge >= 0.3 is 0 Å². The van der Waals surface area contributed by atoms with E-state index in [1.165, 1.54) is 0 Å². The van der Waals surface area contributed by atoms with Crippen molar-refractivity contribution in [2.75, 3.05) is 5.32 Å². The summed E-state index contributed by atoms with van der Waals surface area (Å²) in [5, 5.41) is 10.7. The van der Waals surface area contributed by atoms with Crippen molar-refractivity contribution < 1.29 is 4.79 Å². The number of nitrogens with zero attached hydrogens (tertiary/aromatic N) is 1. The second kappa shape index (κ2) is 4.65. The first-order valence-corrected chi connectivity index (χ1v) is 5.24. The van der Waals surface area contributed by atoms with Gasteiger partial charge in [-0.15, -0.1) is 0 Å². The van der Waals surface area contributed by atoms with Crippen LogP contribution in [0.1, 0.15) is 10.4 Å². The highest BCUT2D eigenvalue weighted by Gasteiger charge is 2.07. The maximum atomic E-state index is 11.9. The van der Waals surface area contributed by atoms with Gasteiger partial charge in [-0.05, 0) is 18.2 Å². The van der Waals surface area contributed by atoms with Gasteiger partial charge < -0.3 is 9.88 Å². The summed E-state index contributed by atoms with van der Waals surface area (Å²) in [6.07, 6.45) is 3.38. The lowest BCUT2D eigenvalue weighted by molar-refractivity contribution is 0.102. The van der Waals surface area contributed by atoms with Gasteiger partial charge in [0.25, 0.3) is 5.91 Å². The van der Waals surface area contributed by atoms with Crippen molar-refractivity contribution in [3.05, 3.63) is 59.7 Å². The Bertz CT molecular complexity index is 587. The molecule has 0 atom stereocenters. The SMILES string of the molecule is Cn1ccc(=N)c(C(=O)Nc2ccccc2)c1. The molecule has 0 bridgehead atoms. The molecule has 2 N–H and O–H groups in total. The highest BCUT2D eigenvalue weighted by atomic mass is 16.1. The van der Waals surface area contributed by atoms with Crippen molar-refractivity contribution in [2.45, 2.75) is 0 Å². The van der Waals surface area contributed by atoms with Crippen LogP contribution in [0.15, 0.2) is 48.8 Å². The first-order chi connectivity index (χ1) is 8.16. The average molecular weight is 227 g/mol. The van der Waals surface area contributed by atoms with Crippen LogP contribution in [0, 0.1) is 5.41 Å². The Kier molecular flexibility index (Phi) is 3.05. The first kappa shape index (κ1) is 11.1. The predicted molar refractivity (Wildman–Crippen MR) is 65.7 cm³/mol. The summed E-state index contributed by atoms with van der Waals surface area (Å²) < 4.78 is 1.75. The summed E-state index contributed by atoms with van der Waals surface area (Å²) in [5.74, 6) is -0.266. The molecule has 1 aromatic heterocycles. The lowest BCUT2D eigenvalue weighted by Crippen LogP contribution is -2.22. The van der Waals surface area contributed by atoms with E-state index in [1.54, 1.807) is 23.0 Å². The predicted octanol–water partition coefficient (Wildman–Crippen LogP) is 1.76. The molecule has 0 aliphatic rings. The van der Waals surface area contributed by atoms with E-state index in [0.29, 0.717) is 5.56 Å². The van der Waals surface area contributed by atoms with E-state index in [0.717, 1.165) is 5.69 Å². The molecule has 0 aliphatic carbocycles. The van der Waals surface area contributed by atoms with Gasteiger partial charge in [0.2, 0.25) is 0 Å². The monoisotopic (exact) mass is 227 g/mol. The third kappa shape index (κ3) is 2.60. The van der Waals surface area contributed by atoms with Crippen LogP contribution in [0.4, 0.5) is 5.69 Å². The van der Waals surface area contributed by atoms with Crippen LogP contribution in [0.3, 0.4) is 0 Å². The fourth-order valence-corrected chi connectivity index (χ4v) is 1.50. The molecule has 0 aliphatic heterocycles. The maximum Gasteiger partial charge on any atom is 0.259 e. The second-order valence-corrected chi connectivity index (χ2v) is 3.76. The van der Waals surface area contributed by atoms with Gasteiger partial charge in [-0.3, -0.25) is 10.2 Å². The number of carbonyl (C=O) groups is 1. The Morgan fingerprint density at radius 2 is 1.94 bits per heavy atom. The van der Waals surface area contributed by atoms with Gasteiger partial charge in [-0.25, -0.2) is 0 Å². The number of pyridine rings is 1. The number of amides is 1. The van der Waals surface area contributed by atoms with Crippen molar-refractivity contribution in [2.24, 2.45) is 7.05 Å². The van der Waals surface area contributed by atoms with Gasteiger partial charge in [0.1, 0.15) is 0 Å². The van der Waals surface area contributed by atoms with Crippen molar-refractivity contribution in [3.8, 4) is 0 Å². The number of benzene rings is 1. The summed E-state index contributed by atoms with van der Waals surface area (Å²) >= 11 is 0. The Morgan fingerprint density at radius 1 is 1.24 bits per heavy atom. The first-order valence-electron chi connectivity index (χ1n) is 5.24. The molecule has 1 amide bonds. The number of carbonyl (C=O) groups excluding carboxylic acids is 1. The van der Waals surface area contributed by atoms with Crippen LogP contribution in [0.2, 0.25) is 0 Å². The van der Waals surface area contributed by atoms with Crippen molar-refractivity contribution in [1.82, 2.24) is 4.57 Å². The minimum absolute atomic E-state index is 0.219. The van der Waals surface area contributed by atoms with Gasteiger partial charge in [0.15, 0.2) is 0 Å². The molecule has 4 nitrogen and oxygen atoms in total. The topological polar surface area (TPSA) is 57.9 Å². The highest BCUT2D eigenvalue weighted by Crippen LogP contribution is 2.06. The minimum Gasteiger partial charge on any atom is -0.356 e. The Balaban J connectivity index is 2.26. The molecule has 0 saturated carbocycles. The minimum atomic E-state index is -0.266. The van der Waals surface area contributed by atoms with E-state index in [4.69, 9.17) is 5.41 Å². The number of anilines is 1. The standard InChI is InChI=1S/C13H13N3O/c1-16-8-7-12(14)11(9-16)13(17)15-10-5-3-2-4-6-10/h2-9,14H,1H3,(H,15,17). The number of rotatable bonds is 2. The van der Waals surface area contributed by atoms with Gasteiger partial charge in [0.05, 0.1) is 10.9 Å². The van der Waals surface area contributed by atoms with Crippen LogP contribution >= 0.6 is 0 Å². The number of para-hydroxylation sites is 1. The molecule has 0 fully saturated rings. The van der Waals surface area contributed by atoms with Crippen LogP contribution in [0.5, 0.6) is 0 Å². The Morgan fingerprint density at radius 3 is 2.65 bits per heavy atom. The van der Waals surface area contributed by atoms with E-state index in [-0.39, 0.29) is 11.3 Å². The van der Waals surface area contributed by atoms with E-state index in [1.807, 2.05) is 37.4 Å². The summed E-state index contributed by atoms with van der Waals surface area (Å²) in [7, 11) is 1.82. The van der Waals surface area contributed by atoms with E-state index in [9.17, 15) is 4.79 Å². The number of aryl methyl sites for hydroxylation is 1. The Labute approximate surface area is 99.0 Å². The van der Waals surface area contributed by atoms with Gasteiger partial charge in [0, 0.05) is 25.1 Å². The molecule has 17 heavy (non-hydrogen) atoms. The van der Waals surface area contributed by atoms with E-state index < -0.39 is 0 Å². The highest BCUT2D eigenvalue weighted by molar-refractivity contribution is 6.03. The molecule has 2 rings (SSSR count). The zero-order valence-corrected chi connectivity index (χ0v) is 9.47. The van der Waals surface area contributed by atoms with Crippen LogP contribution in [-0.2, 0) is 7.05 Å². The number of hydrogen-bond acceptors (Lipinski definition) is 2. The van der Waals surface area contributed by atoms with Gasteiger partial charge in [-0.1, -0.05) is 18.2 Å². The molecular formula is C13H13N3O. The van der Waals surface area contributed by atoms with E-state index >= 15 is 0 Å². The van der Waals surface area contributed by atoms with Gasteiger partial charge in [-0.2, -0.15) is 0 Å². The molecule has 86 valence electrons. The van der Waals surface area contributed by atoms with Crippen molar-refractivity contribution in [1.29, 1.82) is 5.41 Å². The zero-order valence-electron chi connectivity index (χ0n) is 9.47. The van der Waals surface area contributed by atoms with E-state index in [2.05, 4.69) is 5.32 Å². The quantitative estimate of drug-likeness (QED) is 0.807. The van der Waals surface area contributed by atoms with Crippen molar-refractivity contribution in [3.63, 3.8) is 0 Å². The molecule has 2 aromatic rings. The molecule has 0 spiro atoms. The largest absolute Gasteiger partial charge is 0.356 e. The number of nitrogens with one attached hydrogen (secondary N) is 2. The van der Waals surface area contributed by atoms with Crippen molar-refractivity contribution >= 4 is 11.6 Å². The fourth-order valence-electron chi connectivity index (χ4n) is 1.50. The summed E-state index contributed by atoms with van der Waals surface area (Å²) in [5.41, 5.74) is 1.09. The molecule has 0 saturated heterocycles. The molecule has 0 unspecified atom stereocenters. The molecule has 0 radical (unpaired) electrons. The fraction of sp³-hybridized carbons (Fsp3) is 0.0769. The summed E-state index contributed by atoms with van der Waals surface area (Å²) in [6, 6.07) is 10.8. The lowest BCUT2D eigenvalue weighted by Gasteiger charge is -2.06. The normalized spacial score (nSPS) is 9.94. The third-order valence-corrected chi connectivity index (χ3v) is 2.38. The summed E-state index contributed by atoms with van der Waals surface area (Å²) in [4.78, 5) is 11.9. The van der Waals surface area contributed by atoms with Crippen LogP contribution in [-0.4, -0.2) is 10.5 Å².